The third-order valence-corrected chi connectivity index (χ3v) is 3.12. The first-order valence-electron chi connectivity index (χ1n) is 6.07. The van der Waals surface area contributed by atoms with Gasteiger partial charge in [0.1, 0.15) is 0 Å². The van der Waals surface area contributed by atoms with Crippen molar-refractivity contribution >= 4 is 0 Å². The Morgan fingerprint density at radius 3 is 3.00 bits per heavy atom. The highest BCUT2D eigenvalue weighted by Gasteiger charge is 2.28. The molecular formula is C12H21NO2. The minimum absolute atomic E-state index is 0.359. The average Bonchev–Trinajstić information content (AvgIpc) is 2.80. The van der Waals surface area contributed by atoms with E-state index in [0.717, 1.165) is 32.6 Å². The van der Waals surface area contributed by atoms with E-state index < -0.39 is 0 Å². The first-order valence-corrected chi connectivity index (χ1v) is 6.07. The molecule has 0 aromatic carbocycles. The van der Waals surface area contributed by atoms with Gasteiger partial charge in [0.05, 0.1) is 25.0 Å². The van der Waals surface area contributed by atoms with Crippen LogP contribution in [0.2, 0.25) is 0 Å². The highest BCUT2D eigenvalue weighted by atomic mass is 16.5. The summed E-state index contributed by atoms with van der Waals surface area (Å²) in [5.74, 6) is 0. The van der Waals surface area contributed by atoms with Gasteiger partial charge in [0.15, 0.2) is 0 Å². The molecular weight excluding hydrogens is 190 g/mol. The molecule has 2 rings (SSSR count). The van der Waals surface area contributed by atoms with E-state index >= 15 is 0 Å². The van der Waals surface area contributed by atoms with Crippen LogP contribution in [0.15, 0.2) is 11.8 Å². The summed E-state index contributed by atoms with van der Waals surface area (Å²) in [5.41, 5.74) is 1.38. The Balaban J connectivity index is 2.00. The molecule has 1 N–H and O–H groups in total. The van der Waals surface area contributed by atoms with E-state index in [1.165, 1.54) is 18.4 Å². The highest BCUT2D eigenvalue weighted by Crippen LogP contribution is 2.24. The monoisotopic (exact) mass is 211 g/mol. The van der Waals surface area contributed by atoms with Crippen molar-refractivity contribution in [2.45, 2.75) is 44.8 Å². The fraction of sp³-hybridized carbons (Fsp3) is 0.833. The molecule has 0 radical (unpaired) electrons. The molecule has 2 unspecified atom stereocenters. The Labute approximate surface area is 91.8 Å². The van der Waals surface area contributed by atoms with Gasteiger partial charge in [-0.15, -0.1) is 0 Å². The molecule has 0 aromatic heterocycles. The Bertz CT molecular complexity index is 222. The molecule has 0 aromatic rings. The van der Waals surface area contributed by atoms with Crippen molar-refractivity contribution in [3.63, 3.8) is 0 Å². The van der Waals surface area contributed by atoms with Crippen molar-refractivity contribution in [2.75, 3.05) is 19.8 Å². The first kappa shape index (κ1) is 11.0. The molecule has 1 saturated heterocycles. The summed E-state index contributed by atoms with van der Waals surface area (Å²) in [6, 6.07) is 0.373. The third-order valence-electron chi connectivity index (χ3n) is 3.12. The lowest BCUT2D eigenvalue weighted by atomic mass is 9.96. The number of hydrogen-bond donors (Lipinski definition) is 1. The molecule has 2 atom stereocenters. The SMILES string of the molecule is CCNC(C1=COCCC1)C1CCCO1. The first-order chi connectivity index (χ1) is 7.42. The van der Waals surface area contributed by atoms with E-state index in [2.05, 4.69) is 12.2 Å². The maximum atomic E-state index is 5.76. The predicted octanol–water partition coefficient (Wildman–Crippen LogP) is 1.84. The fourth-order valence-electron chi connectivity index (χ4n) is 2.40. The summed E-state index contributed by atoms with van der Waals surface area (Å²) < 4.78 is 11.2. The second-order valence-electron chi connectivity index (χ2n) is 4.25. The van der Waals surface area contributed by atoms with Crippen molar-refractivity contribution in [2.24, 2.45) is 0 Å². The lowest BCUT2D eigenvalue weighted by Gasteiger charge is -2.28. The molecule has 2 aliphatic heterocycles. The van der Waals surface area contributed by atoms with Crippen LogP contribution >= 0.6 is 0 Å². The summed E-state index contributed by atoms with van der Waals surface area (Å²) >= 11 is 0. The number of likely N-dealkylation sites (N-methyl/N-ethyl adjacent to an activating group) is 1. The van der Waals surface area contributed by atoms with E-state index in [1.807, 2.05) is 6.26 Å². The molecule has 2 aliphatic rings. The summed E-state index contributed by atoms with van der Waals surface area (Å²) in [5, 5.41) is 3.52. The molecule has 0 saturated carbocycles. The minimum atomic E-state index is 0.359. The van der Waals surface area contributed by atoms with Gasteiger partial charge in [-0.1, -0.05) is 6.92 Å². The zero-order valence-corrected chi connectivity index (χ0v) is 9.50. The van der Waals surface area contributed by atoms with Gasteiger partial charge in [-0.2, -0.15) is 0 Å². The van der Waals surface area contributed by atoms with Crippen LogP contribution in [0, 0.1) is 0 Å². The molecule has 0 aliphatic carbocycles. The van der Waals surface area contributed by atoms with Crippen LogP contribution in [-0.2, 0) is 9.47 Å². The van der Waals surface area contributed by atoms with Crippen molar-refractivity contribution in [1.82, 2.24) is 5.32 Å². The molecule has 3 nitrogen and oxygen atoms in total. The van der Waals surface area contributed by atoms with Gasteiger partial charge < -0.3 is 14.8 Å². The van der Waals surface area contributed by atoms with Crippen LogP contribution < -0.4 is 5.32 Å². The molecule has 86 valence electrons. The van der Waals surface area contributed by atoms with Crippen LogP contribution in [0.4, 0.5) is 0 Å². The lowest BCUT2D eigenvalue weighted by molar-refractivity contribution is 0.0841. The Morgan fingerprint density at radius 1 is 1.47 bits per heavy atom. The van der Waals surface area contributed by atoms with Crippen molar-refractivity contribution in [3.8, 4) is 0 Å². The summed E-state index contributed by atoms with van der Waals surface area (Å²) in [4.78, 5) is 0. The second kappa shape index (κ2) is 5.52. The number of rotatable bonds is 4. The normalized spacial score (nSPS) is 28.3. The van der Waals surface area contributed by atoms with E-state index in [1.54, 1.807) is 0 Å². The largest absolute Gasteiger partial charge is 0.501 e. The van der Waals surface area contributed by atoms with Gasteiger partial charge in [0.2, 0.25) is 0 Å². The minimum Gasteiger partial charge on any atom is -0.501 e. The smallest absolute Gasteiger partial charge is 0.0876 e. The van der Waals surface area contributed by atoms with Gasteiger partial charge in [-0.3, -0.25) is 0 Å². The molecule has 15 heavy (non-hydrogen) atoms. The van der Waals surface area contributed by atoms with Crippen LogP contribution in [0.1, 0.15) is 32.6 Å². The van der Waals surface area contributed by atoms with E-state index in [4.69, 9.17) is 9.47 Å². The van der Waals surface area contributed by atoms with Gasteiger partial charge in [0.25, 0.3) is 0 Å². The average molecular weight is 211 g/mol. The standard InChI is InChI=1S/C12H21NO2/c1-2-13-12(11-6-4-8-15-11)10-5-3-7-14-9-10/h9,11-13H,2-8H2,1H3. The zero-order chi connectivity index (χ0) is 10.5. The fourth-order valence-corrected chi connectivity index (χ4v) is 2.40. The highest BCUT2D eigenvalue weighted by molar-refractivity contribution is 5.13. The Morgan fingerprint density at radius 2 is 2.40 bits per heavy atom. The Kier molecular flexibility index (Phi) is 4.03. The van der Waals surface area contributed by atoms with Crippen molar-refractivity contribution < 1.29 is 9.47 Å². The molecule has 1 fully saturated rings. The van der Waals surface area contributed by atoms with Crippen LogP contribution in [-0.4, -0.2) is 31.9 Å². The maximum Gasteiger partial charge on any atom is 0.0876 e. The van der Waals surface area contributed by atoms with Crippen molar-refractivity contribution in [1.29, 1.82) is 0 Å². The number of ether oxygens (including phenoxy) is 2. The lowest BCUT2D eigenvalue weighted by Crippen LogP contribution is -2.41. The molecule has 0 bridgehead atoms. The Hall–Kier alpha value is -0.540. The summed E-state index contributed by atoms with van der Waals surface area (Å²) in [6.07, 6.45) is 6.96. The zero-order valence-electron chi connectivity index (χ0n) is 9.50. The van der Waals surface area contributed by atoms with E-state index in [0.29, 0.717) is 12.1 Å². The quantitative estimate of drug-likeness (QED) is 0.769. The number of nitrogens with one attached hydrogen (secondary N) is 1. The molecule has 0 spiro atoms. The maximum absolute atomic E-state index is 5.76. The second-order valence-corrected chi connectivity index (χ2v) is 4.25. The third kappa shape index (κ3) is 2.73. The van der Waals surface area contributed by atoms with Gasteiger partial charge in [-0.25, -0.2) is 0 Å². The van der Waals surface area contributed by atoms with Crippen LogP contribution in [0.5, 0.6) is 0 Å². The summed E-state index contributed by atoms with van der Waals surface area (Å²) in [7, 11) is 0. The van der Waals surface area contributed by atoms with Gasteiger partial charge in [-0.05, 0) is 37.8 Å². The van der Waals surface area contributed by atoms with Gasteiger partial charge in [0, 0.05) is 6.61 Å². The van der Waals surface area contributed by atoms with Crippen LogP contribution in [0.3, 0.4) is 0 Å². The topological polar surface area (TPSA) is 30.5 Å². The predicted molar refractivity (Wildman–Crippen MR) is 59.7 cm³/mol. The van der Waals surface area contributed by atoms with Crippen LogP contribution in [0.25, 0.3) is 0 Å². The molecule has 0 amide bonds. The van der Waals surface area contributed by atoms with E-state index in [-0.39, 0.29) is 0 Å². The van der Waals surface area contributed by atoms with E-state index in [9.17, 15) is 0 Å². The van der Waals surface area contributed by atoms with Crippen molar-refractivity contribution in [3.05, 3.63) is 11.8 Å². The molecule has 2 heterocycles. The van der Waals surface area contributed by atoms with Gasteiger partial charge >= 0.3 is 0 Å². The number of hydrogen-bond acceptors (Lipinski definition) is 3. The molecule has 3 heteroatoms. The summed E-state index contributed by atoms with van der Waals surface area (Å²) in [6.45, 7) is 4.92.